The SMILES string of the molecule is Cc1csc(CS(=O)(=O)c2ccc(C)c(C(=O)O)c2)n1. The number of aromatic carboxylic acids is 1. The number of hydrogen-bond acceptors (Lipinski definition) is 5. The molecule has 1 N–H and O–H groups in total. The molecule has 106 valence electrons. The lowest BCUT2D eigenvalue weighted by Crippen LogP contribution is -2.08. The number of carboxylic acid groups (broad SMARTS) is 1. The fourth-order valence-electron chi connectivity index (χ4n) is 1.74. The lowest BCUT2D eigenvalue weighted by atomic mass is 10.1. The standard InChI is InChI=1S/C13H13NO4S2/c1-8-3-4-10(5-11(8)13(15)16)20(17,18)7-12-14-9(2)6-19-12/h3-6H,7H2,1-2H3,(H,15,16). The van der Waals surface area contributed by atoms with E-state index in [1.807, 2.05) is 0 Å². The minimum Gasteiger partial charge on any atom is -0.478 e. The molecule has 0 fully saturated rings. The van der Waals surface area contributed by atoms with Gasteiger partial charge in [-0.15, -0.1) is 11.3 Å². The molecule has 0 atom stereocenters. The fraction of sp³-hybridized carbons (Fsp3) is 0.231. The van der Waals surface area contributed by atoms with E-state index < -0.39 is 15.8 Å². The molecule has 0 bridgehead atoms. The highest BCUT2D eigenvalue weighted by molar-refractivity contribution is 7.90. The van der Waals surface area contributed by atoms with Crippen molar-refractivity contribution in [2.24, 2.45) is 0 Å². The van der Waals surface area contributed by atoms with Crippen molar-refractivity contribution in [3.05, 3.63) is 45.4 Å². The second-order valence-corrected chi connectivity index (χ2v) is 7.36. The summed E-state index contributed by atoms with van der Waals surface area (Å²) in [5.74, 6) is -1.35. The Labute approximate surface area is 120 Å². The highest BCUT2D eigenvalue weighted by atomic mass is 32.2. The van der Waals surface area contributed by atoms with Gasteiger partial charge >= 0.3 is 5.97 Å². The molecule has 0 saturated carbocycles. The molecule has 1 heterocycles. The molecular weight excluding hydrogens is 298 g/mol. The molecule has 20 heavy (non-hydrogen) atoms. The van der Waals surface area contributed by atoms with E-state index in [1.165, 1.54) is 29.5 Å². The molecule has 0 aliphatic carbocycles. The predicted molar refractivity (Wildman–Crippen MR) is 75.9 cm³/mol. The average Bonchev–Trinajstić information content (AvgIpc) is 2.73. The number of nitrogens with zero attached hydrogens (tertiary/aromatic N) is 1. The summed E-state index contributed by atoms with van der Waals surface area (Å²) in [6.07, 6.45) is 0. The molecule has 7 heteroatoms. The van der Waals surface area contributed by atoms with Crippen LogP contribution >= 0.6 is 11.3 Å². The molecule has 0 saturated heterocycles. The largest absolute Gasteiger partial charge is 0.478 e. The molecule has 0 aliphatic rings. The van der Waals surface area contributed by atoms with Crippen molar-refractivity contribution in [2.45, 2.75) is 24.5 Å². The van der Waals surface area contributed by atoms with Gasteiger partial charge in [0.25, 0.3) is 0 Å². The number of sulfone groups is 1. The van der Waals surface area contributed by atoms with Crippen molar-refractivity contribution in [3.63, 3.8) is 0 Å². The number of aryl methyl sites for hydroxylation is 2. The molecule has 0 radical (unpaired) electrons. The predicted octanol–water partition coefficient (Wildman–Crippen LogP) is 2.43. The second-order valence-electron chi connectivity index (χ2n) is 4.42. The molecule has 1 aromatic heterocycles. The number of rotatable bonds is 4. The van der Waals surface area contributed by atoms with Crippen LogP contribution < -0.4 is 0 Å². The van der Waals surface area contributed by atoms with E-state index in [2.05, 4.69) is 4.98 Å². The summed E-state index contributed by atoms with van der Waals surface area (Å²) in [6.45, 7) is 3.42. The summed E-state index contributed by atoms with van der Waals surface area (Å²) in [4.78, 5) is 15.2. The first kappa shape index (κ1) is 14.7. The molecule has 0 spiro atoms. The highest BCUT2D eigenvalue weighted by Gasteiger charge is 2.20. The first-order valence-electron chi connectivity index (χ1n) is 5.77. The Hall–Kier alpha value is -1.73. The topological polar surface area (TPSA) is 84.3 Å². The van der Waals surface area contributed by atoms with E-state index in [0.717, 1.165) is 5.69 Å². The van der Waals surface area contributed by atoms with Crippen LogP contribution in [0.25, 0.3) is 0 Å². The maximum atomic E-state index is 12.3. The number of hydrogen-bond donors (Lipinski definition) is 1. The van der Waals surface area contributed by atoms with Crippen LogP contribution in [0.5, 0.6) is 0 Å². The van der Waals surface area contributed by atoms with Crippen molar-refractivity contribution in [1.29, 1.82) is 0 Å². The smallest absolute Gasteiger partial charge is 0.335 e. The lowest BCUT2D eigenvalue weighted by molar-refractivity contribution is 0.0696. The third kappa shape index (κ3) is 3.05. The van der Waals surface area contributed by atoms with Crippen LogP contribution in [-0.4, -0.2) is 24.5 Å². The fourth-order valence-corrected chi connectivity index (χ4v) is 4.16. The zero-order chi connectivity index (χ0) is 14.9. The third-order valence-corrected chi connectivity index (χ3v) is 5.55. The Morgan fingerprint density at radius 3 is 2.60 bits per heavy atom. The molecule has 0 unspecified atom stereocenters. The summed E-state index contributed by atoms with van der Waals surface area (Å²) in [7, 11) is -3.59. The first-order chi connectivity index (χ1) is 9.29. The van der Waals surface area contributed by atoms with E-state index in [-0.39, 0.29) is 16.2 Å². The minimum absolute atomic E-state index is 0.00129. The van der Waals surface area contributed by atoms with Gasteiger partial charge in [0.2, 0.25) is 0 Å². The number of thiazole rings is 1. The number of benzene rings is 1. The van der Waals surface area contributed by atoms with Crippen LogP contribution in [-0.2, 0) is 15.6 Å². The van der Waals surface area contributed by atoms with Crippen LogP contribution in [0.15, 0.2) is 28.5 Å². The van der Waals surface area contributed by atoms with Gasteiger partial charge < -0.3 is 5.11 Å². The summed E-state index contributed by atoms with van der Waals surface area (Å²) in [5.41, 5.74) is 1.30. The molecule has 2 rings (SSSR count). The Kier molecular flexibility index (Phi) is 3.92. The lowest BCUT2D eigenvalue weighted by Gasteiger charge is -2.06. The van der Waals surface area contributed by atoms with Crippen LogP contribution in [0.1, 0.15) is 26.6 Å². The molecular formula is C13H13NO4S2. The van der Waals surface area contributed by atoms with Crippen molar-refractivity contribution < 1.29 is 18.3 Å². The minimum atomic E-state index is -3.59. The zero-order valence-electron chi connectivity index (χ0n) is 11.0. The summed E-state index contributed by atoms with van der Waals surface area (Å²) in [5, 5.41) is 11.3. The van der Waals surface area contributed by atoms with Gasteiger partial charge in [-0.3, -0.25) is 0 Å². The maximum absolute atomic E-state index is 12.3. The Morgan fingerprint density at radius 1 is 1.35 bits per heavy atom. The monoisotopic (exact) mass is 311 g/mol. The van der Waals surface area contributed by atoms with Gasteiger partial charge in [-0.1, -0.05) is 6.07 Å². The van der Waals surface area contributed by atoms with Crippen LogP contribution in [0, 0.1) is 13.8 Å². The van der Waals surface area contributed by atoms with E-state index in [0.29, 0.717) is 10.6 Å². The quantitative estimate of drug-likeness (QED) is 0.937. The third-order valence-electron chi connectivity index (χ3n) is 2.78. The zero-order valence-corrected chi connectivity index (χ0v) is 12.6. The molecule has 5 nitrogen and oxygen atoms in total. The number of carboxylic acids is 1. The van der Waals surface area contributed by atoms with Crippen molar-refractivity contribution in [3.8, 4) is 0 Å². The maximum Gasteiger partial charge on any atom is 0.335 e. The molecule has 0 aliphatic heterocycles. The van der Waals surface area contributed by atoms with Crippen LogP contribution in [0.4, 0.5) is 0 Å². The molecule has 0 amide bonds. The summed E-state index contributed by atoms with van der Waals surface area (Å²) < 4.78 is 24.5. The number of aromatic nitrogens is 1. The number of carbonyl (C=O) groups is 1. The Morgan fingerprint density at radius 2 is 2.05 bits per heavy atom. The molecule has 1 aromatic carbocycles. The highest BCUT2D eigenvalue weighted by Crippen LogP contribution is 2.21. The van der Waals surface area contributed by atoms with Gasteiger partial charge in [0.1, 0.15) is 10.8 Å². The second kappa shape index (κ2) is 5.34. The van der Waals surface area contributed by atoms with Gasteiger partial charge in [0.15, 0.2) is 9.84 Å². The van der Waals surface area contributed by atoms with E-state index >= 15 is 0 Å². The van der Waals surface area contributed by atoms with E-state index in [9.17, 15) is 13.2 Å². The van der Waals surface area contributed by atoms with Gasteiger partial charge in [0, 0.05) is 11.1 Å². The van der Waals surface area contributed by atoms with Gasteiger partial charge in [-0.25, -0.2) is 18.2 Å². The Bertz CT molecular complexity index is 762. The average molecular weight is 311 g/mol. The van der Waals surface area contributed by atoms with Crippen LogP contribution in [0.3, 0.4) is 0 Å². The van der Waals surface area contributed by atoms with Crippen molar-refractivity contribution in [2.75, 3.05) is 0 Å². The van der Waals surface area contributed by atoms with Gasteiger partial charge in [0.05, 0.1) is 10.5 Å². The molecule has 2 aromatic rings. The van der Waals surface area contributed by atoms with Crippen molar-refractivity contribution >= 4 is 27.1 Å². The van der Waals surface area contributed by atoms with Gasteiger partial charge in [-0.2, -0.15) is 0 Å². The van der Waals surface area contributed by atoms with E-state index in [1.54, 1.807) is 19.2 Å². The van der Waals surface area contributed by atoms with Crippen LogP contribution in [0.2, 0.25) is 0 Å². The normalized spacial score (nSPS) is 11.5. The summed E-state index contributed by atoms with van der Waals surface area (Å²) >= 11 is 1.28. The van der Waals surface area contributed by atoms with Crippen molar-refractivity contribution in [1.82, 2.24) is 4.98 Å². The van der Waals surface area contributed by atoms with E-state index in [4.69, 9.17) is 5.11 Å². The first-order valence-corrected chi connectivity index (χ1v) is 8.30. The van der Waals surface area contributed by atoms with Gasteiger partial charge in [-0.05, 0) is 31.5 Å². The summed E-state index contributed by atoms with van der Waals surface area (Å²) in [6, 6.07) is 4.13. The Balaban J connectivity index is 2.39.